The van der Waals surface area contributed by atoms with E-state index in [0.29, 0.717) is 24.5 Å². The van der Waals surface area contributed by atoms with Crippen molar-refractivity contribution >= 4 is 0 Å². The lowest BCUT2D eigenvalue weighted by molar-refractivity contribution is 0.00342. The minimum absolute atomic E-state index is 0.0239. The van der Waals surface area contributed by atoms with Crippen molar-refractivity contribution in [3.05, 3.63) is 35.4 Å². The van der Waals surface area contributed by atoms with Gasteiger partial charge in [0.05, 0.1) is 6.10 Å². The first-order valence-electron chi connectivity index (χ1n) is 7.79. The summed E-state index contributed by atoms with van der Waals surface area (Å²) in [5.74, 6) is -1.24. The van der Waals surface area contributed by atoms with Crippen molar-refractivity contribution < 1.29 is 13.5 Å². The van der Waals surface area contributed by atoms with Gasteiger partial charge in [0.2, 0.25) is 0 Å². The van der Waals surface area contributed by atoms with Crippen LogP contribution < -0.4 is 5.32 Å². The molecule has 0 aromatic heterocycles. The minimum Gasteiger partial charge on any atom is -0.377 e. The van der Waals surface area contributed by atoms with Crippen LogP contribution in [0.5, 0.6) is 0 Å². The molecule has 0 bridgehead atoms. The molecule has 2 atom stereocenters. The molecule has 0 spiro atoms. The number of hydrogen-bond acceptors (Lipinski definition) is 2. The Morgan fingerprint density at radius 3 is 2.48 bits per heavy atom. The number of benzene rings is 1. The van der Waals surface area contributed by atoms with Crippen molar-refractivity contribution in [1.82, 2.24) is 5.32 Å². The van der Waals surface area contributed by atoms with Crippen LogP contribution >= 0.6 is 0 Å². The van der Waals surface area contributed by atoms with Crippen molar-refractivity contribution in [1.29, 1.82) is 0 Å². The van der Waals surface area contributed by atoms with Gasteiger partial charge in [0.15, 0.2) is 11.6 Å². The van der Waals surface area contributed by atoms with E-state index in [4.69, 9.17) is 4.74 Å². The molecule has 1 rings (SSSR count). The molecule has 0 aliphatic carbocycles. The second-order valence-corrected chi connectivity index (χ2v) is 5.64. The van der Waals surface area contributed by atoms with E-state index >= 15 is 0 Å². The van der Waals surface area contributed by atoms with Crippen LogP contribution in [0.2, 0.25) is 0 Å². The number of rotatable bonds is 9. The lowest BCUT2D eigenvalue weighted by Crippen LogP contribution is -2.46. The molecule has 2 unspecified atom stereocenters. The second kappa shape index (κ2) is 9.11. The van der Waals surface area contributed by atoms with E-state index in [1.54, 1.807) is 12.1 Å². The molecule has 0 radical (unpaired) electrons. The van der Waals surface area contributed by atoms with Gasteiger partial charge in [0.1, 0.15) is 0 Å². The normalized spacial score (nSPS) is 14.4. The van der Waals surface area contributed by atoms with Gasteiger partial charge in [0, 0.05) is 12.6 Å². The van der Waals surface area contributed by atoms with Crippen LogP contribution in [-0.4, -0.2) is 25.3 Å². The van der Waals surface area contributed by atoms with Crippen molar-refractivity contribution in [2.45, 2.75) is 52.7 Å². The van der Waals surface area contributed by atoms with Crippen LogP contribution in [0, 0.1) is 17.6 Å². The van der Waals surface area contributed by atoms with Crippen molar-refractivity contribution in [3.63, 3.8) is 0 Å². The molecule has 21 heavy (non-hydrogen) atoms. The Bertz CT molecular complexity index is 423. The lowest BCUT2D eigenvalue weighted by Gasteiger charge is -2.31. The number of ether oxygens (including phenoxy) is 1. The summed E-state index contributed by atoms with van der Waals surface area (Å²) < 4.78 is 33.1. The zero-order valence-corrected chi connectivity index (χ0v) is 13.5. The molecule has 1 N–H and O–H groups in total. The van der Waals surface area contributed by atoms with Gasteiger partial charge in [-0.05, 0) is 43.9 Å². The monoisotopic (exact) mass is 299 g/mol. The zero-order chi connectivity index (χ0) is 15.8. The van der Waals surface area contributed by atoms with E-state index in [0.717, 1.165) is 19.0 Å². The Kier molecular flexibility index (Phi) is 7.83. The third kappa shape index (κ3) is 5.36. The number of halogens is 2. The quantitative estimate of drug-likeness (QED) is 0.746. The highest BCUT2D eigenvalue weighted by Crippen LogP contribution is 2.19. The topological polar surface area (TPSA) is 21.3 Å². The molecule has 0 saturated carbocycles. The summed E-state index contributed by atoms with van der Waals surface area (Å²) in [7, 11) is 0. The molecule has 1 aromatic rings. The van der Waals surface area contributed by atoms with E-state index in [9.17, 15) is 8.78 Å². The highest BCUT2D eigenvalue weighted by molar-refractivity contribution is 5.20. The fourth-order valence-electron chi connectivity index (χ4n) is 2.54. The molecule has 120 valence electrons. The Labute approximate surface area is 126 Å². The van der Waals surface area contributed by atoms with Gasteiger partial charge < -0.3 is 10.1 Å². The average Bonchev–Trinajstić information content (AvgIpc) is 2.45. The predicted octanol–water partition coefficient (Wildman–Crippen LogP) is 3.94. The summed E-state index contributed by atoms with van der Waals surface area (Å²) in [4.78, 5) is 0. The van der Waals surface area contributed by atoms with Gasteiger partial charge in [0.25, 0.3) is 0 Å². The van der Waals surface area contributed by atoms with Gasteiger partial charge >= 0.3 is 0 Å². The van der Waals surface area contributed by atoms with E-state index < -0.39 is 11.6 Å². The van der Waals surface area contributed by atoms with E-state index in [2.05, 4.69) is 26.1 Å². The highest BCUT2D eigenvalue weighted by atomic mass is 19.2. The van der Waals surface area contributed by atoms with Crippen molar-refractivity contribution in [3.8, 4) is 0 Å². The molecule has 0 heterocycles. The van der Waals surface area contributed by atoms with Crippen LogP contribution in [0.3, 0.4) is 0 Å². The standard InChI is InChI=1S/C17H27F2NO/c1-5-10-20-15(17(12(3)4)21-6-2)11-13-8-7-9-14(18)16(13)19/h7-9,12,15,17,20H,5-6,10-11H2,1-4H3. The Morgan fingerprint density at radius 1 is 1.19 bits per heavy atom. The molecule has 4 heteroatoms. The molecular formula is C17H27F2NO. The summed E-state index contributed by atoms with van der Waals surface area (Å²) in [6, 6.07) is 4.31. The molecule has 0 amide bonds. The number of nitrogens with one attached hydrogen (secondary N) is 1. The number of hydrogen-bond donors (Lipinski definition) is 1. The summed E-state index contributed by atoms with van der Waals surface area (Å²) in [5.41, 5.74) is 0.397. The maximum Gasteiger partial charge on any atom is 0.162 e. The fraction of sp³-hybridized carbons (Fsp3) is 0.647. The van der Waals surface area contributed by atoms with Crippen LogP contribution in [0.25, 0.3) is 0 Å². The van der Waals surface area contributed by atoms with E-state index in [-0.39, 0.29) is 12.1 Å². The van der Waals surface area contributed by atoms with Gasteiger partial charge in [-0.2, -0.15) is 0 Å². The zero-order valence-electron chi connectivity index (χ0n) is 13.5. The first-order valence-corrected chi connectivity index (χ1v) is 7.79. The van der Waals surface area contributed by atoms with E-state index in [1.807, 2.05) is 6.92 Å². The van der Waals surface area contributed by atoms with Gasteiger partial charge in [-0.1, -0.05) is 32.9 Å². The molecule has 0 fully saturated rings. The second-order valence-electron chi connectivity index (χ2n) is 5.64. The van der Waals surface area contributed by atoms with Gasteiger partial charge in [-0.15, -0.1) is 0 Å². The molecule has 0 aliphatic heterocycles. The Balaban J connectivity index is 2.93. The molecule has 2 nitrogen and oxygen atoms in total. The Hall–Kier alpha value is -1.00. The minimum atomic E-state index is -0.792. The third-order valence-electron chi connectivity index (χ3n) is 3.54. The Morgan fingerprint density at radius 2 is 1.90 bits per heavy atom. The first-order chi connectivity index (χ1) is 10.0. The summed E-state index contributed by atoms with van der Waals surface area (Å²) in [6.07, 6.45) is 1.38. The van der Waals surface area contributed by atoms with E-state index in [1.165, 1.54) is 0 Å². The summed E-state index contributed by atoms with van der Waals surface area (Å²) in [5, 5.41) is 3.42. The summed E-state index contributed by atoms with van der Waals surface area (Å²) in [6.45, 7) is 9.65. The summed E-state index contributed by atoms with van der Waals surface area (Å²) >= 11 is 0. The lowest BCUT2D eigenvalue weighted by atomic mass is 9.93. The van der Waals surface area contributed by atoms with Crippen LogP contribution in [-0.2, 0) is 11.2 Å². The van der Waals surface area contributed by atoms with Crippen LogP contribution in [0.1, 0.15) is 39.7 Å². The molecule has 0 saturated heterocycles. The van der Waals surface area contributed by atoms with Crippen molar-refractivity contribution in [2.75, 3.05) is 13.2 Å². The third-order valence-corrected chi connectivity index (χ3v) is 3.54. The predicted molar refractivity (Wildman–Crippen MR) is 82.4 cm³/mol. The molecular weight excluding hydrogens is 272 g/mol. The van der Waals surface area contributed by atoms with Gasteiger partial charge in [-0.3, -0.25) is 0 Å². The molecule has 1 aromatic carbocycles. The first kappa shape index (κ1) is 18.1. The highest BCUT2D eigenvalue weighted by Gasteiger charge is 2.26. The largest absolute Gasteiger partial charge is 0.377 e. The van der Waals surface area contributed by atoms with Gasteiger partial charge in [-0.25, -0.2) is 8.78 Å². The smallest absolute Gasteiger partial charge is 0.162 e. The van der Waals surface area contributed by atoms with Crippen molar-refractivity contribution in [2.24, 2.45) is 5.92 Å². The SMILES string of the molecule is CCCNC(Cc1cccc(F)c1F)C(OCC)C(C)C. The fourth-order valence-corrected chi connectivity index (χ4v) is 2.54. The molecule has 0 aliphatic rings. The van der Waals surface area contributed by atoms with Crippen LogP contribution in [0.4, 0.5) is 8.78 Å². The maximum absolute atomic E-state index is 13.9. The maximum atomic E-state index is 13.9. The van der Waals surface area contributed by atoms with Crippen LogP contribution in [0.15, 0.2) is 18.2 Å². The average molecular weight is 299 g/mol.